The van der Waals surface area contributed by atoms with Gasteiger partial charge in [-0.05, 0) is 86.9 Å². The van der Waals surface area contributed by atoms with Crippen LogP contribution in [0.25, 0.3) is 11.4 Å². The number of hydrogen-bond acceptors (Lipinski definition) is 11. The number of benzene rings is 3. The summed E-state index contributed by atoms with van der Waals surface area (Å²) in [5.41, 5.74) is 1.56. The Balaban J connectivity index is 1.40. The van der Waals surface area contributed by atoms with Crippen LogP contribution in [-0.4, -0.2) is 56.4 Å². The standard InChI is InChI=1S/C30H34N8O2S3/c1-2-3-4-5-6-7-8-15-20-41-25-21-24(39)27(42-29-31-33-35-37(29)22-16-11-9-12-17-22)28(26(25)40)43-30-32-34-36-38(30)23-18-13-10-14-19-23/h9-14,16-19,21,39-40H,2-8,15,20H2,1H3. The first-order valence-corrected chi connectivity index (χ1v) is 17.0. The van der Waals surface area contributed by atoms with Gasteiger partial charge in [0.15, 0.2) is 0 Å². The highest BCUT2D eigenvalue weighted by Gasteiger charge is 2.25. The molecule has 2 heterocycles. The number of phenolic OH excluding ortho intramolecular Hbond substituents is 2. The molecule has 0 bridgehead atoms. The molecule has 3 aromatic carbocycles. The molecular weight excluding hydrogens is 601 g/mol. The number of rotatable bonds is 16. The zero-order valence-corrected chi connectivity index (χ0v) is 26.4. The normalized spacial score (nSPS) is 11.3. The number of aromatic hydroxyl groups is 2. The Bertz CT molecular complexity index is 1580. The topological polar surface area (TPSA) is 128 Å². The Hall–Kier alpha value is -3.55. The fourth-order valence-electron chi connectivity index (χ4n) is 4.45. The number of thioether (sulfide) groups is 1. The molecule has 0 saturated heterocycles. The van der Waals surface area contributed by atoms with Gasteiger partial charge in [0.1, 0.15) is 11.5 Å². The van der Waals surface area contributed by atoms with Gasteiger partial charge in [0.25, 0.3) is 0 Å². The average molecular weight is 635 g/mol. The van der Waals surface area contributed by atoms with Crippen LogP contribution in [-0.2, 0) is 0 Å². The largest absolute Gasteiger partial charge is 0.507 e. The van der Waals surface area contributed by atoms with Gasteiger partial charge in [0.2, 0.25) is 10.3 Å². The van der Waals surface area contributed by atoms with Crippen LogP contribution >= 0.6 is 35.3 Å². The summed E-state index contributed by atoms with van der Waals surface area (Å²) in [5.74, 6) is 0.924. The lowest BCUT2D eigenvalue weighted by Gasteiger charge is -2.15. The lowest BCUT2D eigenvalue weighted by molar-refractivity contribution is 0.423. The second kappa shape index (κ2) is 15.8. The van der Waals surface area contributed by atoms with E-state index >= 15 is 0 Å². The Kier molecular flexibility index (Phi) is 11.3. The molecule has 0 aliphatic carbocycles. The summed E-state index contributed by atoms with van der Waals surface area (Å²) >= 11 is 3.89. The number of unbranched alkanes of at least 4 members (excludes halogenated alkanes) is 7. The molecule has 0 atom stereocenters. The van der Waals surface area contributed by atoms with Crippen molar-refractivity contribution >= 4 is 35.3 Å². The average Bonchev–Trinajstić information content (AvgIpc) is 3.71. The summed E-state index contributed by atoms with van der Waals surface area (Å²) in [6, 6.07) is 20.7. The number of nitrogens with zero attached hydrogens (tertiary/aromatic N) is 8. The molecule has 0 aliphatic heterocycles. The first kappa shape index (κ1) is 30.9. The summed E-state index contributed by atoms with van der Waals surface area (Å²) in [7, 11) is 0. The predicted molar refractivity (Wildman–Crippen MR) is 170 cm³/mol. The van der Waals surface area contributed by atoms with E-state index in [9.17, 15) is 10.2 Å². The Morgan fingerprint density at radius 2 is 1.16 bits per heavy atom. The van der Waals surface area contributed by atoms with E-state index in [2.05, 4.69) is 38.0 Å². The van der Waals surface area contributed by atoms with Crippen molar-refractivity contribution in [3.05, 3.63) is 66.7 Å². The van der Waals surface area contributed by atoms with Crippen molar-refractivity contribution in [1.29, 1.82) is 0 Å². The zero-order chi connectivity index (χ0) is 29.9. The monoisotopic (exact) mass is 634 g/mol. The predicted octanol–water partition coefficient (Wildman–Crippen LogP) is 7.58. The number of hydrogen-bond donors (Lipinski definition) is 2. The highest BCUT2D eigenvalue weighted by molar-refractivity contribution is 8.02. The first-order valence-electron chi connectivity index (χ1n) is 14.4. The van der Waals surface area contributed by atoms with E-state index in [1.807, 2.05) is 60.7 Å². The molecule has 43 heavy (non-hydrogen) atoms. The Morgan fingerprint density at radius 1 is 0.651 bits per heavy atom. The minimum atomic E-state index is 0.0186. The molecule has 0 unspecified atom stereocenters. The van der Waals surface area contributed by atoms with E-state index in [4.69, 9.17) is 0 Å². The van der Waals surface area contributed by atoms with Gasteiger partial charge in [-0.3, -0.25) is 0 Å². The first-order chi connectivity index (χ1) is 21.2. The van der Waals surface area contributed by atoms with E-state index < -0.39 is 0 Å². The molecule has 0 amide bonds. The Morgan fingerprint density at radius 3 is 1.72 bits per heavy atom. The molecule has 0 aliphatic rings. The number of para-hydroxylation sites is 2. The SMILES string of the molecule is CCCCCCCCCCSc1cc(O)c(Sc2nnnn2-c2ccccc2)c(Sc2nnnn2-c2ccccc2)c1O. The minimum Gasteiger partial charge on any atom is -0.507 e. The maximum absolute atomic E-state index is 11.6. The fourth-order valence-corrected chi connectivity index (χ4v) is 7.50. The maximum Gasteiger partial charge on any atom is 0.219 e. The third kappa shape index (κ3) is 8.09. The summed E-state index contributed by atoms with van der Waals surface area (Å²) in [6.45, 7) is 2.23. The molecule has 0 fully saturated rings. The smallest absolute Gasteiger partial charge is 0.219 e. The minimum absolute atomic E-state index is 0.0186. The van der Waals surface area contributed by atoms with Gasteiger partial charge >= 0.3 is 0 Å². The lowest BCUT2D eigenvalue weighted by atomic mass is 10.1. The van der Waals surface area contributed by atoms with Crippen LogP contribution in [0.1, 0.15) is 58.3 Å². The second-order valence-electron chi connectivity index (χ2n) is 9.85. The number of tetrazole rings is 2. The van der Waals surface area contributed by atoms with Crippen LogP contribution in [0.2, 0.25) is 0 Å². The third-order valence-corrected chi connectivity index (χ3v) is 10.0. The highest BCUT2D eigenvalue weighted by Crippen LogP contribution is 2.51. The van der Waals surface area contributed by atoms with Crippen molar-refractivity contribution in [2.24, 2.45) is 0 Å². The molecule has 5 rings (SSSR count). The van der Waals surface area contributed by atoms with E-state index in [-0.39, 0.29) is 11.5 Å². The van der Waals surface area contributed by atoms with Gasteiger partial charge in [-0.2, -0.15) is 9.36 Å². The number of aromatic nitrogens is 8. The highest BCUT2D eigenvalue weighted by atomic mass is 32.2. The molecule has 224 valence electrons. The summed E-state index contributed by atoms with van der Waals surface area (Å²) in [4.78, 5) is 1.44. The molecular formula is C30H34N8O2S3. The van der Waals surface area contributed by atoms with Gasteiger partial charge in [0, 0.05) is 0 Å². The molecule has 5 aromatic rings. The van der Waals surface area contributed by atoms with Crippen molar-refractivity contribution in [2.75, 3.05) is 5.75 Å². The quantitative estimate of drug-likeness (QED) is 0.0633. The van der Waals surface area contributed by atoms with Gasteiger partial charge in [-0.15, -0.1) is 22.0 Å². The van der Waals surface area contributed by atoms with E-state index in [1.54, 1.807) is 27.2 Å². The van der Waals surface area contributed by atoms with Crippen LogP contribution < -0.4 is 0 Å². The van der Waals surface area contributed by atoms with E-state index in [0.717, 1.165) is 30.0 Å². The van der Waals surface area contributed by atoms with Crippen molar-refractivity contribution in [2.45, 2.75) is 83.3 Å². The van der Waals surface area contributed by atoms with Gasteiger partial charge in [-0.25, -0.2) is 0 Å². The molecule has 0 saturated carbocycles. The van der Waals surface area contributed by atoms with Gasteiger partial charge in [0.05, 0.1) is 26.1 Å². The molecule has 2 N–H and O–H groups in total. The van der Waals surface area contributed by atoms with Crippen LogP contribution in [0.3, 0.4) is 0 Å². The zero-order valence-electron chi connectivity index (χ0n) is 23.9. The Labute approximate surface area is 263 Å². The third-order valence-electron chi connectivity index (χ3n) is 6.68. The number of phenols is 2. The van der Waals surface area contributed by atoms with Crippen molar-refractivity contribution in [3.8, 4) is 22.9 Å². The van der Waals surface area contributed by atoms with Crippen LogP contribution in [0.4, 0.5) is 0 Å². The van der Waals surface area contributed by atoms with Crippen molar-refractivity contribution in [1.82, 2.24) is 40.4 Å². The second-order valence-corrected chi connectivity index (χ2v) is 12.9. The van der Waals surface area contributed by atoms with E-state index in [1.165, 1.54) is 62.0 Å². The molecule has 13 heteroatoms. The van der Waals surface area contributed by atoms with Crippen molar-refractivity contribution < 1.29 is 10.2 Å². The van der Waals surface area contributed by atoms with Crippen LogP contribution in [0, 0.1) is 0 Å². The maximum atomic E-state index is 11.6. The van der Waals surface area contributed by atoms with E-state index in [0.29, 0.717) is 25.0 Å². The fraction of sp³-hybridized carbons (Fsp3) is 0.333. The van der Waals surface area contributed by atoms with Gasteiger partial charge in [-0.1, -0.05) is 88.3 Å². The summed E-state index contributed by atoms with van der Waals surface area (Å²) < 4.78 is 3.19. The molecule has 2 aromatic heterocycles. The lowest BCUT2D eigenvalue weighted by Crippen LogP contribution is -2.00. The van der Waals surface area contributed by atoms with Crippen LogP contribution in [0.5, 0.6) is 11.5 Å². The molecule has 0 radical (unpaired) electrons. The summed E-state index contributed by atoms with van der Waals surface area (Å²) in [5, 5.41) is 48.2. The molecule has 10 nitrogen and oxygen atoms in total. The molecule has 0 spiro atoms. The summed E-state index contributed by atoms with van der Waals surface area (Å²) in [6.07, 6.45) is 9.85. The van der Waals surface area contributed by atoms with Crippen LogP contribution in [0.15, 0.2) is 91.7 Å². The van der Waals surface area contributed by atoms with Crippen molar-refractivity contribution in [3.63, 3.8) is 0 Å². The van der Waals surface area contributed by atoms with Gasteiger partial charge < -0.3 is 10.2 Å².